The predicted molar refractivity (Wildman–Crippen MR) is 112 cm³/mol. The van der Waals surface area contributed by atoms with Crippen molar-refractivity contribution in [2.75, 3.05) is 13.6 Å². The van der Waals surface area contributed by atoms with Crippen molar-refractivity contribution in [3.8, 4) is 16.3 Å². The van der Waals surface area contributed by atoms with E-state index in [1.54, 1.807) is 36.6 Å². The summed E-state index contributed by atoms with van der Waals surface area (Å²) < 4.78 is 19.3. The zero-order valence-corrected chi connectivity index (χ0v) is 16.7. The number of benzene rings is 2. The first kappa shape index (κ1) is 19.8. The van der Waals surface area contributed by atoms with Gasteiger partial charge in [0.15, 0.2) is 17.5 Å². The number of halogens is 1. The van der Waals surface area contributed by atoms with Gasteiger partial charge in [-0.2, -0.15) is 0 Å². The van der Waals surface area contributed by atoms with Crippen LogP contribution < -0.4 is 15.4 Å². The second-order valence-corrected chi connectivity index (χ2v) is 7.03. The number of aromatic nitrogens is 1. The molecule has 0 spiro atoms. The topological polar surface area (TPSA) is 58.5 Å². The van der Waals surface area contributed by atoms with Crippen LogP contribution >= 0.6 is 11.3 Å². The Hall–Kier alpha value is -2.93. The minimum absolute atomic E-state index is 0.223. The van der Waals surface area contributed by atoms with Crippen LogP contribution in [0.15, 0.2) is 65.0 Å². The Kier molecular flexibility index (Phi) is 6.97. The van der Waals surface area contributed by atoms with Gasteiger partial charge in [-0.05, 0) is 19.1 Å². The number of nitrogens with one attached hydrogen (secondary N) is 2. The van der Waals surface area contributed by atoms with Crippen molar-refractivity contribution in [3.05, 3.63) is 71.5 Å². The zero-order chi connectivity index (χ0) is 19.8. The third-order valence-corrected chi connectivity index (χ3v) is 4.89. The standard InChI is InChI=1S/C21H23FN4OS/c1-15(27-19-11-7-6-10-18(19)22)12-24-21(23-2)25-13-17-14-28-20(26-17)16-8-4-3-5-9-16/h3-11,14-15H,12-13H2,1-2H3,(H2,23,24,25). The first-order chi connectivity index (χ1) is 13.7. The Morgan fingerprint density at radius 1 is 1.14 bits per heavy atom. The van der Waals surface area contributed by atoms with Gasteiger partial charge in [-0.25, -0.2) is 9.37 Å². The molecule has 2 N–H and O–H groups in total. The van der Waals surface area contributed by atoms with Gasteiger partial charge in [-0.1, -0.05) is 42.5 Å². The number of nitrogens with zero attached hydrogens (tertiary/aromatic N) is 2. The molecule has 146 valence electrons. The van der Waals surface area contributed by atoms with E-state index in [9.17, 15) is 4.39 Å². The van der Waals surface area contributed by atoms with Crippen LogP contribution in [0.5, 0.6) is 5.75 Å². The smallest absolute Gasteiger partial charge is 0.191 e. The maximum absolute atomic E-state index is 13.7. The fourth-order valence-corrected chi connectivity index (χ4v) is 3.36. The summed E-state index contributed by atoms with van der Waals surface area (Å²) in [6, 6.07) is 16.5. The lowest BCUT2D eigenvalue weighted by molar-refractivity contribution is 0.214. The molecule has 1 heterocycles. The maximum Gasteiger partial charge on any atom is 0.191 e. The first-order valence-corrected chi connectivity index (χ1v) is 9.89. The molecule has 1 atom stereocenters. The molecule has 5 nitrogen and oxygen atoms in total. The van der Waals surface area contributed by atoms with Crippen molar-refractivity contribution in [1.29, 1.82) is 0 Å². The van der Waals surface area contributed by atoms with Gasteiger partial charge in [0.05, 0.1) is 18.8 Å². The number of hydrogen-bond acceptors (Lipinski definition) is 4. The largest absolute Gasteiger partial charge is 0.486 e. The van der Waals surface area contributed by atoms with E-state index in [1.807, 2.05) is 42.6 Å². The minimum atomic E-state index is -0.366. The molecule has 0 aliphatic carbocycles. The monoisotopic (exact) mass is 398 g/mol. The summed E-state index contributed by atoms with van der Waals surface area (Å²) in [5, 5.41) is 9.45. The van der Waals surface area contributed by atoms with E-state index >= 15 is 0 Å². The van der Waals surface area contributed by atoms with E-state index in [0.717, 1.165) is 16.3 Å². The van der Waals surface area contributed by atoms with Gasteiger partial charge in [-0.15, -0.1) is 11.3 Å². The summed E-state index contributed by atoms with van der Waals surface area (Å²) in [4.78, 5) is 8.86. The lowest BCUT2D eigenvalue weighted by atomic mass is 10.2. The Morgan fingerprint density at radius 2 is 1.89 bits per heavy atom. The quantitative estimate of drug-likeness (QED) is 0.465. The highest BCUT2D eigenvalue weighted by atomic mass is 32.1. The second kappa shape index (κ2) is 9.85. The van der Waals surface area contributed by atoms with E-state index in [0.29, 0.717) is 19.0 Å². The van der Waals surface area contributed by atoms with E-state index in [4.69, 9.17) is 4.74 Å². The molecule has 3 rings (SSSR count). The molecule has 0 fully saturated rings. The van der Waals surface area contributed by atoms with E-state index < -0.39 is 0 Å². The van der Waals surface area contributed by atoms with Crippen LogP contribution in [0.3, 0.4) is 0 Å². The molecule has 1 aromatic heterocycles. The molecule has 0 aliphatic heterocycles. The minimum Gasteiger partial charge on any atom is -0.486 e. The number of thiazole rings is 1. The van der Waals surface area contributed by atoms with Gasteiger partial charge >= 0.3 is 0 Å². The summed E-state index contributed by atoms with van der Waals surface area (Å²) in [6.07, 6.45) is -0.223. The molecule has 0 saturated carbocycles. The van der Waals surface area contributed by atoms with Crippen molar-refractivity contribution in [2.24, 2.45) is 4.99 Å². The van der Waals surface area contributed by atoms with Crippen molar-refractivity contribution >= 4 is 17.3 Å². The first-order valence-electron chi connectivity index (χ1n) is 9.01. The predicted octanol–water partition coefficient (Wildman–Crippen LogP) is 4.08. The third kappa shape index (κ3) is 5.53. The summed E-state index contributed by atoms with van der Waals surface area (Å²) in [6.45, 7) is 2.92. The van der Waals surface area contributed by atoms with Gasteiger partial charge in [0.25, 0.3) is 0 Å². The van der Waals surface area contributed by atoms with Gasteiger partial charge in [0.2, 0.25) is 0 Å². The average molecular weight is 399 g/mol. The lowest BCUT2D eigenvalue weighted by Crippen LogP contribution is -2.41. The molecule has 1 unspecified atom stereocenters. The van der Waals surface area contributed by atoms with Crippen molar-refractivity contribution in [3.63, 3.8) is 0 Å². The third-order valence-electron chi connectivity index (χ3n) is 3.95. The zero-order valence-electron chi connectivity index (χ0n) is 15.9. The molecular formula is C21H23FN4OS. The molecule has 3 aromatic rings. The van der Waals surface area contributed by atoms with Crippen LogP contribution in [0.25, 0.3) is 10.6 Å². The Morgan fingerprint density at radius 3 is 2.64 bits per heavy atom. The Balaban J connectivity index is 1.47. The van der Waals surface area contributed by atoms with Crippen LogP contribution in [-0.4, -0.2) is 30.6 Å². The Labute approximate surface area is 168 Å². The SMILES string of the molecule is CN=C(NCc1csc(-c2ccccc2)n1)NCC(C)Oc1ccccc1F. The molecule has 0 radical (unpaired) electrons. The van der Waals surface area contributed by atoms with E-state index in [2.05, 4.69) is 20.6 Å². The molecule has 28 heavy (non-hydrogen) atoms. The van der Waals surface area contributed by atoms with Crippen LogP contribution in [-0.2, 0) is 6.54 Å². The van der Waals surface area contributed by atoms with Crippen LogP contribution in [0.4, 0.5) is 4.39 Å². The van der Waals surface area contributed by atoms with E-state index in [-0.39, 0.29) is 17.7 Å². The molecular weight excluding hydrogens is 375 g/mol. The van der Waals surface area contributed by atoms with E-state index in [1.165, 1.54) is 6.07 Å². The molecule has 2 aromatic carbocycles. The van der Waals surface area contributed by atoms with Crippen LogP contribution in [0, 0.1) is 5.82 Å². The van der Waals surface area contributed by atoms with Crippen molar-refractivity contribution in [2.45, 2.75) is 19.6 Å². The highest BCUT2D eigenvalue weighted by Crippen LogP contribution is 2.23. The molecule has 0 bridgehead atoms. The highest BCUT2D eigenvalue weighted by molar-refractivity contribution is 7.13. The number of aliphatic imine (C=N–C) groups is 1. The van der Waals surface area contributed by atoms with Gasteiger partial charge in [-0.3, -0.25) is 4.99 Å². The number of hydrogen-bond donors (Lipinski definition) is 2. The molecule has 0 amide bonds. The molecule has 7 heteroatoms. The fraction of sp³-hybridized carbons (Fsp3) is 0.238. The number of rotatable bonds is 7. The molecule has 0 aliphatic rings. The fourth-order valence-electron chi connectivity index (χ4n) is 2.54. The van der Waals surface area contributed by atoms with Crippen molar-refractivity contribution in [1.82, 2.24) is 15.6 Å². The van der Waals surface area contributed by atoms with Gasteiger partial charge < -0.3 is 15.4 Å². The maximum atomic E-state index is 13.7. The van der Waals surface area contributed by atoms with Crippen LogP contribution in [0.1, 0.15) is 12.6 Å². The summed E-state index contributed by atoms with van der Waals surface area (Å²) >= 11 is 1.62. The average Bonchev–Trinajstić information content (AvgIpc) is 3.20. The normalized spacial score (nSPS) is 12.5. The number of ether oxygens (including phenoxy) is 1. The van der Waals surface area contributed by atoms with Gasteiger partial charge in [0.1, 0.15) is 11.1 Å². The Bertz CT molecular complexity index is 914. The summed E-state index contributed by atoms with van der Waals surface area (Å²) in [5.74, 6) is 0.517. The van der Waals surface area contributed by atoms with Gasteiger partial charge in [0, 0.05) is 18.0 Å². The summed E-state index contributed by atoms with van der Waals surface area (Å²) in [5.41, 5.74) is 2.06. The van der Waals surface area contributed by atoms with Crippen molar-refractivity contribution < 1.29 is 9.13 Å². The second-order valence-electron chi connectivity index (χ2n) is 6.18. The lowest BCUT2D eigenvalue weighted by Gasteiger charge is -2.17. The van der Waals surface area contributed by atoms with Crippen LogP contribution in [0.2, 0.25) is 0 Å². The highest BCUT2D eigenvalue weighted by Gasteiger charge is 2.09. The summed E-state index contributed by atoms with van der Waals surface area (Å²) in [7, 11) is 1.70. The number of para-hydroxylation sites is 1. The number of guanidine groups is 1. The molecule has 0 saturated heterocycles.